The van der Waals surface area contributed by atoms with E-state index in [9.17, 15) is 4.79 Å². The highest BCUT2D eigenvalue weighted by atomic mass is 35.5. The summed E-state index contributed by atoms with van der Waals surface area (Å²) in [6.07, 6.45) is 1.65. The smallest absolute Gasteiger partial charge is 0.338 e. The number of rotatable bonds is 4. The Morgan fingerprint density at radius 3 is 2.33 bits per heavy atom. The summed E-state index contributed by atoms with van der Waals surface area (Å²) in [6, 6.07) is 16.6. The van der Waals surface area contributed by atoms with Crippen LogP contribution < -0.4 is 0 Å². The first-order valence-electron chi connectivity index (χ1n) is 6.51. The third-order valence-electron chi connectivity index (χ3n) is 3.26. The highest BCUT2D eigenvalue weighted by Gasteiger charge is 2.35. The van der Waals surface area contributed by atoms with Gasteiger partial charge in [-0.1, -0.05) is 54.1 Å². The minimum absolute atomic E-state index is 0.404. The Labute approximate surface area is 129 Å². The summed E-state index contributed by atoms with van der Waals surface area (Å²) in [4.78, 5) is 16.6. The SMILES string of the molecule is COC(=O)C(C)(N=Cc1ccc(Cl)cc1)c1ccccc1. The molecule has 2 aromatic rings. The fourth-order valence-corrected chi connectivity index (χ4v) is 2.08. The van der Waals surface area contributed by atoms with Crippen molar-refractivity contribution in [3.05, 3.63) is 70.7 Å². The summed E-state index contributed by atoms with van der Waals surface area (Å²) in [5.74, 6) is -0.404. The molecule has 1 unspecified atom stereocenters. The van der Waals surface area contributed by atoms with Gasteiger partial charge in [0.25, 0.3) is 0 Å². The van der Waals surface area contributed by atoms with E-state index in [0.717, 1.165) is 11.1 Å². The second-order valence-electron chi connectivity index (χ2n) is 4.74. The monoisotopic (exact) mass is 301 g/mol. The van der Waals surface area contributed by atoms with Gasteiger partial charge in [0.05, 0.1) is 7.11 Å². The van der Waals surface area contributed by atoms with Crippen LogP contribution in [-0.2, 0) is 15.1 Å². The second kappa shape index (κ2) is 6.55. The Hall–Kier alpha value is -2.13. The maximum absolute atomic E-state index is 12.2. The molecule has 0 radical (unpaired) electrons. The quantitative estimate of drug-likeness (QED) is 0.635. The van der Waals surface area contributed by atoms with Gasteiger partial charge in [-0.05, 0) is 30.2 Å². The number of methoxy groups -OCH3 is 1. The standard InChI is InChI=1S/C17H16ClNO2/c1-17(16(20)21-2,14-6-4-3-5-7-14)19-12-13-8-10-15(18)11-9-13/h3-12H,1-2H3. The third kappa shape index (κ3) is 3.50. The number of hydrogen-bond acceptors (Lipinski definition) is 3. The minimum atomic E-state index is -1.07. The summed E-state index contributed by atoms with van der Waals surface area (Å²) < 4.78 is 4.90. The maximum Gasteiger partial charge on any atom is 0.338 e. The average Bonchev–Trinajstić information content (AvgIpc) is 2.54. The summed E-state index contributed by atoms with van der Waals surface area (Å²) >= 11 is 5.85. The van der Waals surface area contributed by atoms with Crippen LogP contribution in [0.5, 0.6) is 0 Å². The van der Waals surface area contributed by atoms with Gasteiger partial charge >= 0.3 is 5.97 Å². The molecule has 0 saturated heterocycles. The Balaban J connectivity index is 2.37. The molecule has 0 aliphatic heterocycles. The molecule has 0 aromatic heterocycles. The number of esters is 1. The van der Waals surface area contributed by atoms with E-state index in [1.165, 1.54) is 7.11 Å². The van der Waals surface area contributed by atoms with Crippen LogP contribution in [0.1, 0.15) is 18.1 Å². The van der Waals surface area contributed by atoms with Gasteiger partial charge in [0.1, 0.15) is 0 Å². The third-order valence-corrected chi connectivity index (χ3v) is 3.51. The van der Waals surface area contributed by atoms with E-state index in [2.05, 4.69) is 4.99 Å². The second-order valence-corrected chi connectivity index (χ2v) is 5.18. The lowest BCUT2D eigenvalue weighted by molar-refractivity contribution is -0.146. The summed E-state index contributed by atoms with van der Waals surface area (Å²) in [5.41, 5.74) is 0.572. The molecule has 0 saturated carbocycles. The van der Waals surface area contributed by atoms with Gasteiger partial charge in [-0.15, -0.1) is 0 Å². The van der Waals surface area contributed by atoms with E-state index in [0.29, 0.717) is 5.02 Å². The van der Waals surface area contributed by atoms with E-state index < -0.39 is 11.5 Å². The number of carbonyl (C=O) groups excluding carboxylic acids is 1. The largest absolute Gasteiger partial charge is 0.467 e. The van der Waals surface area contributed by atoms with Crippen molar-refractivity contribution in [2.24, 2.45) is 4.99 Å². The van der Waals surface area contributed by atoms with Crippen LogP contribution >= 0.6 is 11.6 Å². The molecule has 0 spiro atoms. The van der Waals surface area contributed by atoms with Crippen LogP contribution in [0.4, 0.5) is 0 Å². The van der Waals surface area contributed by atoms with Gasteiger partial charge in [-0.25, -0.2) is 4.79 Å². The molecule has 2 aromatic carbocycles. The van der Waals surface area contributed by atoms with Gasteiger partial charge in [0, 0.05) is 11.2 Å². The number of ether oxygens (including phenoxy) is 1. The van der Waals surface area contributed by atoms with Crippen molar-refractivity contribution in [3.63, 3.8) is 0 Å². The van der Waals surface area contributed by atoms with Gasteiger partial charge in [0.2, 0.25) is 0 Å². The zero-order chi connectivity index (χ0) is 15.3. The molecule has 0 N–H and O–H groups in total. The molecule has 0 fully saturated rings. The fourth-order valence-electron chi connectivity index (χ4n) is 1.96. The summed E-state index contributed by atoms with van der Waals surface area (Å²) in [5, 5.41) is 0.658. The Morgan fingerprint density at radius 1 is 1.14 bits per heavy atom. The van der Waals surface area contributed by atoms with Crippen LogP contribution in [0.25, 0.3) is 0 Å². The lowest BCUT2D eigenvalue weighted by atomic mass is 9.93. The van der Waals surface area contributed by atoms with Crippen molar-refractivity contribution in [1.82, 2.24) is 0 Å². The number of aliphatic imine (C=N–C) groups is 1. The molecule has 0 bridgehead atoms. The predicted molar refractivity (Wildman–Crippen MR) is 84.9 cm³/mol. The van der Waals surface area contributed by atoms with Crippen LogP contribution in [0.3, 0.4) is 0 Å². The first-order chi connectivity index (χ1) is 10.1. The number of benzene rings is 2. The van der Waals surface area contributed by atoms with E-state index in [1.54, 1.807) is 25.3 Å². The zero-order valence-electron chi connectivity index (χ0n) is 11.9. The van der Waals surface area contributed by atoms with Crippen molar-refractivity contribution in [2.75, 3.05) is 7.11 Å². The Morgan fingerprint density at radius 2 is 1.76 bits per heavy atom. The van der Waals surface area contributed by atoms with Crippen LogP contribution in [0.15, 0.2) is 59.6 Å². The molecule has 108 valence electrons. The average molecular weight is 302 g/mol. The molecule has 3 nitrogen and oxygen atoms in total. The van der Waals surface area contributed by atoms with Crippen molar-refractivity contribution in [1.29, 1.82) is 0 Å². The number of halogens is 1. The van der Waals surface area contributed by atoms with E-state index >= 15 is 0 Å². The molecular weight excluding hydrogens is 286 g/mol. The Kier molecular flexibility index (Phi) is 4.76. The topological polar surface area (TPSA) is 38.7 Å². The van der Waals surface area contributed by atoms with Crippen LogP contribution in [-0.4, -0.2) is 19.3 Å². The van der Waals surface area contributed by atoms with Gasteiger partial charge in [-0.3, -0.25) is 4.99 Å². The van der Waals surface area contributed by atoms with Gasteiger partial charge in [0.15, 0.2) is 5.54 Å². The molecule has 2 rings (SSSR count). The first-order valence-corrected chi connectivity index (χ1v) is 6.89. The van der Waals surface area contributed by atoms with E-state index in [1.807, 2.05) is 42.5 Å². The molecular formula is C17H16ClNO2. The highest BCUT2D eigenvalue weighted by Crippen LogP contribution is 2.27. The molecule has 1 atom stereocenters. The van der Waals surface area contributed by atoms with Crippen molar-refractivity contribution in [3.8, 4) is 0 Å². The molecule has 0 heterocycles. The van der Waals surface area contributed by atoms with Crippen molar-refractivity contribution >= 4 is 23.8 Å². The van der Waals surface area contributed by atoms with Crippen molar-refractivity contribution in [2.45, 2.75) is 12.5 Å². The van der Waals surface area contributed by atoms with E-state index in [4.69, 9.17) is 16.3 Å². The molecule has 21 heavy (non-hydrogen) atoms. The molecule has 0 amide bonds. The summed E-state index contributed by atoms with van der Waals surface area (Å²) in [7, 11) is 1.36. The number of carbonyl (C=O) groups is 1. The molecule has 0 aliphatic rings. The van der Waals surface area contributed by atoms with Crippen molar-refractivity contribution < 1.29 is 9.53 Å². The summed E-state index contributed by atoms with van der Waals surface area (Å²) in [6.45, 7) is 1.74. The fraction of sp³-hybridized carbons (Fsp3) is 0.176. The van der Waals surface area contributed by atoms with E-state index in [-0.39, 0.29) is 0 Å². The van der Waals surface area contributed by atoms with Crippen LogP contribution in [0, 0.1) is 0 Å². The lowest BCUT2D eigenvalue weighted by Gasteiger charge is -2.22. The van der Waals surface area contributed by atoms with Gasteiger partial charge < -0.3 is 4.74 Å². The predicted octanol–water partition coefficient (Wildman–Crippen LogP) is 3.85. The first kappa shape index (κ1) is 15.3. The molecule has 4 heteroatoms. The Bertz CT molecular complexity index is 638. The highest BCUT2D eigenvalue weighted by molar-refractivity contribution is 6.30. The van der Waals surface area contributed by atoms with Gasteiger partial charge in [-0.2, -0.15) is 0 Å². The lowest BCUT2D eigenvalue weighted by Crippen LogP contribution is -2.32. The number of nitrogens with zero attached hydrogens (tertiary/aromatic N) is 1. The zero-order valence-corrected chi connectivity index (χ0v) is 12.7. The molecule has 0 aliphatic carbocycles. The van der Waals surface area contributed by atoms with Crippen LogP contribution in [0.2, 0.25) is 5.02 Å². The minimum Gasteiger partial charge on any atom is -0.467 e. The normalized spacial score (nSPS) is 13.9. The maximum atomic E-state index is 12.2. The number of hydrogen-bond donors (Lipinski definition) is 0.